The van der Waals surface area contributed by atoms with E-state index in [9.17, 15) is 0 Å². The highest BCUT2D eigenvalue weighted by Gasteiger charge is 2.25. The Morgan fingerprint density at radius 3 is 1.21 bits per heavy atom. The molecule has 14 rings (SSSR count). The zero-order valence-electron chi connectivity index (χ0n) is 36.1. The Hall–Kier alpha value is -6.71. The number of para-hydroxylation sites is 5. The van der Waals surface area contributed by atoms with Gasteiger partial charge in [0, 0.05) is 68.3 Å². The van der Waals surface area contributed by atoms with Crippen molar-refractivity contribution in [2.75, 3.05) is 0 Å². The average Bonchev–Trinajstić information content (AvgIpc) is 4.13. The Bertz CT molecular complexity index is 3940. The Balaban J connectivity index is 0.000000122. The van der Waals surface area contributed by atoms with Crippen LogP contribution < -0.4 is 0 Å². The van der Waals surface area contributed by atoms with E-state index in [0.29, 0.717) is 0 Å². The van der Waals surface area contributed by atoms with Gasteiger partial charge in [-0.1, -0.05) is 171 Å². The van der Waals surface area contributed by atoms with Gasteiger partial charge in [-0.15, -0.1) is 0 Å². The molecule has 1 aliphatic rings. The Kier molecular flexibility index (Phi) is 10.9. The minimum Gasteiger partial charge on any atom is -0.309 e. The van der Waals surface area contributed by atoms with E-state index in [-0.39, 0.29) is 0 Å². The second-order valence-corrected chi connectivity index (χ2v) is 19.9. The topological polar surface area (TPSA) is 14.8 Å². The standard InChI is InChI=1S/C30H19BrN2.C25H17N.C6H4BrI/c31-20-14-16-22(17-15-20)33-28-13-7-5-11-24(28)26-19-18-25-23-10-4-6-12-27(23)32(29(25)30(26)33)21-8-2-1-3-9-21;1-2-9-18(10-3-1)26-24-13-7-6-12-21(24)22-15-14-20-19-11-5-4-8-17(19)16-23(20)25(22)26;7-5-1-3-6(8)4-2-5/h1-19H;1-15H,16H2;1-4H. The summed E-state index contributed by atoms with van der Waals surface area (Å²) >= 11 is 9.22. The summed E-state index contributed by atoms with van der Waals surface area (Å²) in [5, 5.41) is 7.73. The lowest BCUT2D eigenvalue weighted by Gasteiger charge is -2.12. The van der Waals surface area contributed by atoms with Gasteiger partial charge in [-0.3, -0.25) is 0 Å². The van der Waals surface area contributed by atoms with E-state index in [1.54, 1.807) is 0 Å². The van der Waals surface area contributed by atoms with Crippen LogP contribution in [0.3, 0.4) is 0 Å². The van der Waals surface area contributed by atoms with Crippen molar-refractivity contribution in [3.63, 3.8) is 0 Å². The molecule has 6 heteroatoms. The maximum Gasteiger partial charge on any atom is 0.0788 e. The second kappa shape index (κ2) is 17.5. The van der Waals surface area contributed by atoms with E-state index >= 15 is 0 Å². The first kappa shape index (κ1) is 41.7. The lowest BCUT2D eigenvalue weighted by atomic mass is 10.0. The number of benzene rings is 10. The number of halogens is 3. The fourth-order valence-corrected chi connectivity index (χ4v) is 11.1. The smallest absolute Gasteiger partial charge is 0.0788 e. The molecule has 1 aliphatic carbocycles. The van der Waals surface area contributed by atoms with Crippen molar-refractivity contribution in [3.05, 3.63) is 254 Å². The molecule has 320 valence electrons. The van der Waals surface area contributed by atoms with Crippen molar-refractivity contribution in [2.24, 2.45) is 0 Å². The van der Waals surface area contributed by atoms with Crippen LogP contribution in [0.1, 0.15) is 11.1 Å². The molecule has 0 amide bonds. The van der Waals surface area contributed by atoms with Crippen molar-refractivity contribution >= 4 is 120 Å². The van der Waals surface area contributed by atoms with Crippen LogP contribution in [0.2, 0.25) is 0 Å². The zero-order chi connectivity index (χ0) is 45.0. The van der Waals surface area contributed by atoms with Gasteiger partial charge >= 0.3 is 0 Å². The van der Waals surface area contributed by atoms with Gasteiger partial charge in [0.25, 0.3) is 0 Å². The van der Waals surface area contributed by atoms with Gasteiger partial charge in [-0.25, -0.2) is 0 Å². The minimum atomic E-state index is 1.01. The first-order valence-electron chi connectivity index (χ1n) is 22.4. The van der Waals surface area contributed by atoms with Crippen LogP contribution >= 0.6 is 54.5 Å². The predicted molar refractivity (Wildman–Crippen MR) is 299 cm³/mol. The van der Waals surface area contributed by atoms with Crippen LogP contribution in [0.25, 0.3) is 93.6 Å². The molecule has 0 N–H and O–H groups in total. The summed E-state index contributed by atoms with van der Waals surface area (Å²) in [5.41, 5.74) is 16.7. The van der Waals surface area contributed by atoms with Crippen LogP contribution in [-0.4, -0.2) is 13.7 Å². The molecule has 3 nitrogen and oxygen atoms in total. The molecule has 3 aromatic heterocycles. The van der Waals surface area contributed by atoms with E-state index in [0.717, 1.165) is 21.1 Å². The molecule has 10 aromatic carbocycles. The van der Waals surface area contributed by atoms with Gasteiger partial charge in [-0.2, -0.15) is 0 Å². The summed E-state index contributed by atoms with van der Waals surface area (Å²) in [5.74, 6) is 0. The van der Waals surface area contributed by atoms with Crippen LogP contribution in [0.15, 0.2) is 239 Å². The summed E-state index contributed by atoms with van der Waals surface area (Å²) in [4.78, 5) is 0. The molecular weight excluding hydrogens is 1060 g/mol. The Morgan fingerprint density at radius 1 is 0.313 bits per heavy atom. The van der Waals surface area contributed by atoms with Gasteiger partial charge in [-0.05, 0) is 136 Å². The van der Waals surface area contributed by atoms with Crippen LogP contribution in [0.4, 0.5) is 0 Å². The molecule has 0 aliphatic heterocycles. The largest absolute Gasteiger partial charge is 0.309 e. The van der Waals surface area contributed by atoms with E-state index in [4.69, 9.17) is 0 Å². The van der Waals surface area contributed by atoms with Crippen molar-refractivity contribution in [3.8, 4) is 28.2 Å². The molecule has 0 atom stereocenters. The summed E-state index contributed by atoms with van der Waals surface area (Å²) < 4.78 is 10.8. The number of hydrogen-bond acceptors (Lipinski definition) is 0. The number of rotatable bonds is 3. The Morgan fingerprint density at radius 2 is 0.701 bits per heavy atom. The van der Waals surface area contributed by atoms with E-state index in [1.165, 1.54) is 103 Å². The van der Waals surface area contributed by atoms with Gasteiger partial charge in [0.05, 0.1) is 33.1 Å². The number of hydrogen-bond donors (Lipinski definition) is 0. The quantitative estimate of drug-likeness (QED) is 0.157. The van der Waals surface area contributed by atoms with Gasteiger partial charge < -0.3 is 13.7 Å². The van der Waals surface area contributed by atoms with Gasteiger partial charge in [0.15, 0.2) is 0 Å². The van der Waals surface area contributed by atoms with Crippen molar-refractivity contribution in [1.29, 1.82) is 0 Å². The maximum atomic E-state index is 3.60. The third-order valence-electron chi connectivity index (χ3n) is 13.0. The van der Waals surface area contributed by atoms with E-state index in [1.807, 2.05) is 12.1 Å². The molecule has 0 saturated heterocycles. The van der Waals surface area contributed by atoms with Gasteiger partial charge in [0.1, 0.15) is 0 Å². The van der Waals surface area contributed by atoms with E-state index in [2.05, 4.69) is 287 Å². The summed E-state index contributed by atoms with van der Waals surface area (Å²) in [7, 11) is 0. The average molecular weight is 1100 g/mol. The molecule has 0 fully saturated rings. The summed E-state index contributed by atoms with van der Waals surface area (Å²) in [6, 6.07) is 82.3. The first-order valence-corrected chi connectivity index (χ1v) is 25.0. The minimum absolute atomic E-state index is 1.01. The monoisotopic (exact) mass is 1100 g/mol. The summed E-state index contributed by atoms with van der Waals surface area (Å²) in [6.07, 6.45) is 1.01. The third-order valence-corrected chi connectivity index (χ3v) is 14.8. The highest BCUT2D eigenvalue weighted by atomic mass is 127. The molecular formula is C61H40Br2IN3. The number of nitrogens with zero attached hydrogens (tertiary/aromatic N) is 3. The number of fused-ring (bicyclic) bond motifs is 14. The SMILES string of the molecule is Brc1ccc(-n2c3ccccc3c3ccc4c5ccccc5n(-c5ccccc5)c4c32)cc1.Brc1ccc(I)cc1.c1ccc(-n2c3ccccc3c3ccc4c(c32)Cc2ccccc2-4)cc1. The molecule has 13 aromatic rings. The van der Waals surface area contributed by atoms with Crippen molar-refractivity contribution in [1.82, 2.24) is 13.7 Å². The van der Waals surface area contributed by atoms with Crippen LogP contribution in [-0.2, 0) is 6.42 Å². The van der Waals surface area contributed by atoms with Crippen molar-refractivity contribution < 1.29 is 0 Å². The zero-order valence-corrected chi connectivity index (χ0v) is 41.5. The Labute approximate surface area is 418 Å². The van der Waals surface area contributed by atoms with Crippen LogP contribution in [0, 0.1) is 3.57 Å². The normalized spacial score (nSPS) is 11.7. The molecule has 0 saturated carbocycles. The fourth-order valence-electron chi connectivity index (χ4n) is 10.2. The molecule has 0 bridgehead atoms. The summed E-state index contributed by atoms with van der Waals surface area (Å²) in [6.45, 7) is 0. The second-order valence-electron chi connectivity index (χ2n) is 16.8. The third kappa shape index (κ3) is 7.30. The lowest BCUT2D eigenvalue weighted by molar-refractivity contribution is 1.15. The molecule has 0 radical (unpaired) electrons. The van der Waals surface area contributed by atoms with Crippen LogP contribution in [0.5, 0.6) is 0 Å². The lowest BCUT2D eigenvalue weighted by Crippen LogP contribution is -1.98. The van der Waals surface area contributed by atoms with E-state index < -0.39 is 0 Å². The van der Waals surface area contributed by atoms with Gasteiger partial charge in [0.2, 0.25) is 0 Å². The first-order chi connectivity index (χ1) is 33.0. The van der Waals surface area contributed by atoms with Crippen molar-refractivity contribution in [2.45, 2.75) is 6.42 Å². The molecule has 0 unspecified atom stereocenters. The highest BCUT2D eigenvalue weighted by molar-refractivity contribution is 14.1. The fraction of sp³-hybridized carbons (Fsp3) is 0.0164. The molecule has 3 heterocycles. The maximum absolute atomic E-state index is 3.60. The number of aromatic nitrogens is 3. The predicted octanol–water partition coefficient (Wildman–Crippen LogP) is 18.1. The molecule has 0 spiro atoms. The molecule has 67 heavy (non-hydrogen) atoms. The highest BCUT2D eigenvalue weighted by Crippen LogP contribution is 2.45.